The number of carboxylic acids is 1. The summed E-state index contributed by atoms with van der Waals surface area (Å²) in [6, 6.07) is 0. The fourth-order valence-corrected chi connectivity index (χ4v) is 3.38. The molecule has 6 heteroatoms. The standard InChI is InChI=1S/C10H12BrNO3S/c11-7-5-12-9(16-7)10(15)3-1-6(2-4-10)8(13)14/h5-6,15H,1-4H2,(H,13,14)/t6-,10-. The molecular weight excluding hydrogens is 294 g/mol. The number of nitrogens with zero attached hydrogens (tertiary/aromatic N) is 1. The summed E-state index contributed by atoms with van der Waals surface area (Å²) in [6.45, 7) is 0. The van der Waals surface area contributed by atoms with Gasteiger partial charge in [-0.3, -0.25) is 4.79 Å². The van der Waals surface area contributed by atoms with Crippen LogP contribution in [0.3, 0.4) is 0 Å². The third-order valence-electron chi connectivity index (χ3n) is 3.04. The highest BCUT2D eigenvalue weighted by atomic mass is 79.9. The number of hydrogen-bond acceptors (Lipinski definition) is 4. The lowest BCUT2D eigenvalue weighted by Gasteiger charge is -2.32. The molecule has 1 aliphatic carbocycles. The Morgan fingerprint density at radius 2 is 2.19 bits per heavy atom. The number of halogens is 1. The van der Waals surface area contributed by atoms with E-state index in [2.05, 4.69) is 20.9 Å². The maximum atomic E-state index is 10.8. The number of hydrogen-bond donors (Lipinski definition) is 2. The Balaban J connectivity index is 2.09. The van der Waals surface area contributed by atoms with Gasteiger partial charge < -0.3 is 10.2 Å². The van der Waals surface area contributed by atoms with Crippen LogP contribution in [0.2, 0.25) is 0 Å². The average Bonchev–Trinajstić information content (AvgIpc) is 2.66. The van der Waals surface area contributed by atoms with Crippen molar-refractivity contribution in [3.8, 4) is 0 Å². The SMILES string of the molecule is O=C(O)[C@H]1CC[C@@](O)(c2ncc(Br)s2)CC1. The first-order valence-corrected chi connectivity index (χ1v) is 6.69. The Labute approximate surface area is 105 Å². The van der Waals surface area contributed by atoms with Crippen LogP contribution in [0.25, 0.3) is 0 Å². The molecular formula is C10H12BrNO3S. The van der Waals surface area contributed by atoms with Crippen LogP contribution in [0.1, 0.15) is 30.7 Å². The predicted octanol–water partition coefficient (Wildman–Crippen LogP) is 2.37. The van der Waals surface area contributed by atoms with Crippen LogP contribution in [0.4, 0.5) is 0 Å². The van der Waals surface area contributed by atoms with Gasteiger partial charge in [0.2, 0.25) is 0 Å². The fourth-order valence-electron chi connectivity index (χ4n) is 2.03. The van der Waals surface area contributed by atoms with E-state index < -0.39 is 11.6 Å². The van der Waals surface area contributed by atoms with Gasteiger partial charge in [0.1, 0.15) is 10.6 Å². The molecule has 0 saturated heterocycles. The lowest BCUT2D eigenvalue weighted by molar-refractivity contribution is -0.145. The van der Waals surface area contributed by atoms with Gasteiger partial charge in [-0.15, -0.1) is 11.3 Å². The first kappa shape index (κ1) is 12.0. The Bertz CT molecular complexity index is 399. The van der Waals surface area contributed by atoms with E-state index >= 15 is 0 Å². The fraction of sp³-hybridized carbons (Fsp3) is 0.600. The van der Waals surface area contributed by atoms with Crippen molar-refractivity contribution >= 4 is 33.2 Å². The van der Waals surface area contributed by atoms with Crippen LogP contribution >= 0.6 is 27.3 Å². The minimum absolute atomic E-state index is 0.316. The summed E-state index contributed by atoms with van der Waals surface area (Å²) in [5.74, 6) is -1.08. The van der Waals surface area contributed by atoms with E-state index in [9.17, 15) is 9.90 Å². The molecule has 0 atom stereocenters. The summed E-state index contributed by atoms with van der Waals surface area (Å²) in [5.41, 5.74) is -0.928. The molecule has 1 aromatic rings. The molecule has 0 radical (unpaired) electrons. The minimum atomic E-state index is -0.928. The Hall–Kier alpha value is -0.460. The summed E-state index contributed by atoms with van der Waals surface area (Å²) >= 11 is 4.72. The zero-order valence-electron chi connectivity index (χ0n) is 8.52. The molecule has 16 heavy (non-hydrogen) atoms. The van der Waals surface area contributed by atoms with Crippen LogP contribution in [-0.2, 0) is 10.4 Å². The molecule has 4 nitrogen and oxygen atoms in total. The van der Waals surface area contributed by atoms with Gasteiger partial charge in [0.15, 0.2) is 0 Å². The van der Waals surface area contributed by atoms with Crippen molar-refractivity contribution in [2.45, 2.75) is 31.3 Å². The van der Waals surface area contributed by atoms with Crippen molar-refractivity contribution in [1.29, 1.82) is 0 Å². The van der Waals surface area contributed by atoms with E-state index in [0.717, 1.165) is 3.79 Å². The largest absolute Gasteiger partial charge is 0.481 e. The third-order valence-corrected chi connectivity index (χ3v) is 4.71. The van der Waals surface area contributed by atoms with Gasteiger partial charge >= 0.3 is 5.97 Å². The molecule has 1 aromatic heterocycles. The minimum Gasteiger partial charge on any atom is -0.481 e. The molecule has 0 aromatic carbocycles. The van der Waals surface area contributed by atoms with Gasteiger partial charge in [0.25, 0.3) is 0 Å². The number of aliphatic hydroxyl groups is 1. The van der Waals surface area contributed by atoms with Crippen molar-refractivity contribution in [1.82, 2.24) is 4.98 Å². The molecule has 1 fully saturated rings. The Morgan fingerprint density at radius 3 is 2.62 bits per heavy atom. The third kappa shape index (κ3) is 2.28. The average molecular weight is 306 g/mol. The normalized spacial score (nSPS) is 30.2. The molecule has 1 saturated carbocycles. The molecule has 1 aliphatic rings. The van der Waals surface area contributed by atoms with E-state index in [0.29, 0.717) is 30.7 Å². The number of carboxylic acid groups (broad SMARTS) is 1. The highest BCUT2D eigenvalue weighted by molar-refractivity contribution is 9.11. The van der Waals surface area contributed by atoms with Gasteiger partial charge in [-0.05, 0) is 41.6 Å². The Kier molecular flexibility index (Phi) is 3.32. The summed E-state index contributed by atoms with van der Waals surface area (Å²) in [4.78, 5) is 15.0. The van der Waals surface area contributed by atoms with Crippen molar-refractivity contribution < 1.29 is 15.0 Å². The summed E-state index contributed by atoms with van der Waals surface area (Å²) in [7, 11) is 0. The predicted molar refractivity (Wildman–Crippen MR) is 63.3 cm³/mol. The molecule has 1 heterocycles. The first-order chi connectivity index (χ1) is 7.51. The van der Waals surface area contributed by atoms with Crippen LogP contribution < -0.4 is 0 Å². The summed E-state index contributed by atoms with van der Waals surface area (Å²) in [5, 5.41) is 20.0. The molecule has 0 unspecified atom stereocenters. The highest BCUT2D eigenvalue weighted by Crippen LogP contribution is 2.41. The van der Waals surface area contributed by atoms with Gasteiger partial charge in [-0.1, -0.05) is 0 Å². The van der Waals surface area contributed by atoms with Crippen LogP contribution in [0, 0.1) is 5.92 Å². The quantitative estimate of drug-likeness (QED) is 0.880. The van der Waals surface area contributed by atoms with E-state index in [1.165, 1.54) is 11.3 Å². The molecule has 0 aliphatic heterocycles. The van der Waals surface area contributed by atoms with Crippen molar-refractivity contribution in [2.75, 3.05) is 0 Å². The molecule has 0 spiro atoms. The second kappa shape index (κ2) is 4.43. The first-order valence-electron chi connectivity index (χ1n) is 5.08. The second-order valence-electron chi connectivity index (χ2n) is 4.11. The summed E-state index contributed by atoms with van der Waals surface area (Å²) < 4.78 is 0.885. The number of aliphatic carboxylic acids is 1. The molecule has 0 amide bonds. The van der Waals surface area contributed by atoms with Crippen molar-refractivity contribution in [2.24, 2.45) is 5.92 Å². The van der Waals surface area contributed by atoms with Crippen molar-refractivity contribution in [3.05, 3.63) is 15.0 Å². The Morgan fingerprint density at radius 1 is 1.56 bits per heavy atom. The van der Waals surface area contributed by atoms with Gasteiger partial charge in [-0.25, -0.2) is 4.98 Å². The van der Waals surface area contributed by atoms with Crippen LogP contribution in [-0.4, -0.2) is 21.2 Å². The van der Waals surface area contributed by atoms with Gasteiger partial charge in [-0.2, -0.15) is 0 Å². The summed E-state index contributed by atoms with van der Waals surface area (Å²) in [6.07, 6.45) is 3.65. The number of carbonyl (C=O) groups is 1. The van der Waals surface area contributed by atoms with Gasteiger partial charge in [0, 0.05) is 0 Å². The topological polar surface area (TPSA) is 70.4 Å². The van der Waals surface area contributed by atoms with E-state index in [4.69, 9.17) is 5.11 Å². The zero-order valence-corrected chi connectivity index (χ0v) is 10.9. The highest BCUT2D eigenvalue weighted by Gasteiger charge is 2.39. The van der Waals surface area contributed by atoms with Gasteiger partial charge in [0.05, 0.1) is 15.9 Å². The maximum absolute atomic E-state index is 10.8. The zero-order chi connectivity index (χ0) is 11.8. The van der Waals surface area contributed by atoms with E-state index in [1.54, 1.807) is 6.20 Å². The molecule has 0 bridgehead atoms. The second-order valence-corrected chi connectivity index (χ2v) is 6.52. The number of thiazole rings is 1. The van der Waals surface area contributed by atoms with E-state index in [1.807, 2.05) is 0 Å². The lowest BCUT2D eigenvalue weighted by atomic mass is 9.79. The van der Waals surface area contributed by atoms with Crippen LogP contribution in [0.5, 0.6) is 0 Å². The maximum Gasteiger partial charge on any atom is 0.306 e. The smallest absolute Gasteiger partial charge is 0.306 e. The number of aromatic nitrogens is 1. The molecule has 2 N–H and O–H groups in total. The van der Waals surface area contributed by atoms with Crippen LogP contribution in [0.15, 0.2) is 9.98 Å². The molecule has 2 rings (SSSR count). The lowest BCUT2D eigenvalue weighted by Crippen LogP contribution is -2.33. The number of rotatable bonds is 2. The molecule has 88 valence electrons. The van der Waals surface area contributed by atoms with E-state index in [-0.39, 0.29) is 5.92 Å². The monoisotopic (exact) mass is 305 g/mol. The van der Waals surface area contributed by atoms with Crippen molar-refractivity contribution in [3.63, 3.8) is 0 Å².